The number of H-pyrrole nitrogens is 1. The van der Waals surface area contributed by atoms with Crippen LogP contribution in [0.25, 0.3) is 10.9 Å². The highest BCUT2D eigenvalue weighted by atomic mass is 16.5. The quantitative estimate of drug-likeness (QED) is 0.594. The molecule has 136 valence electrons. The van der Waals surface area contributed by atoms with E-state index in [4.69, 9.17) is 4.74 Å². The van der Waals surface area contributed by atoms with Gasteiger partial charge in [-0.2, -0.15) is 0 Å². The number of rotatable bonds is 7. The van der Waals surface area contributed by atoms with Crippen molar-refractivity contribution in [1.82, 2.24) is 4.98 Å². The molecule has 2 N–H and O–H groups in total. The highest BCUT2D eigenvalue weighted by molar-refractivity contribution is 5.80. The molecule has 4 heteroatoms. The minimum Gasteiger partial charge on any atom is -0.494 e. The van der Waals surface area contributed by atoms with E-state index in [2.05, 4.69) is 37.1 Å². The van der Waals surface area contributed by atoms with Crippen molar-refractivity contribution in [3.8, 4) is 5.75 Å². The van der Waals surface area contributed by atoms with Gasteiger partial charge in [0.15, 0.2) is 0 Å². The Morgan fingerprint density at radius 1 is 1.04 bits per heavy atom. The van der Waals surface area contributed by atoms with E-state index in [1.165, 1.54) is 11.1 Å². The number of aromatic nitrogens is 1. The molecule has 0 aliphatic rings. The molecule has 0 atom stereocenters. The largest absolute Gasteiger partial charge is 0.494 e. The molecule has 2 aromatic carbocycles. The third-order valence-electron chi connectivity index (χ3n) is 4.64. The van der Waals surface area contributed by atoms with Gasteiger partial charge in [0.2, 0.25) is 0 Å². The Balaban J connectivity index is 1.70. The summed E-state index contributed by atoms with van der Waals surface area (Å²) < 4.78 is 5.67. The number of benzene rings is 2. The monoisotopic (exact) mass is 350 g/mol. The maximum atomic E-state index is 12.3. The summed E-state index contributed by atoms with van der Waals surface area (Å²) in [6, 6.07) is 14.0. The third-order valence-corrected chi connectivity index (χ3v) is 4.64. The van der Waals surface area contributed by atoms with Crippen LogP contribution >= 0.6 is 0 Å². The number of aryl methyl sites for hydroxylation is 2. The van der Waals surface area contributed by atoms with Crippen LogP contribution in [0.15, 0.2) is 47.3 Å². The van der Waals surface area contributed by atoms with E-state index >= 15 is 0 Å². The molecule has 3 aromatic rings. The second-order valence-electron chi connectivity index (χ2n) is 6.73. The average Bonchev–Trinajstić information content (AvgIpc) is 2.63. The lowest BCUT2D eigenvalue weighted by Crippen LogP contribution is -2.15. The summed E-state index contributed by atoms with van der Waals surface area (Å²) in [5, 5.41) is 4.37. The van der Waals surface area contributed by atoms with Crippen LogP contribution in [0.5, 0.6) is 5.75 Å². The molecule has 0 aliphatic heterocycles. The molecule has 0 amide bonds. The third kappa shape index (κ3) is 4.26. The van der Waals surface area contributed by atoms with Crippen LogP contribution in [0.2, 0.25) is 0 Å². The fourth-order valence-corrected chi connectivity index (χ4v) is 2.85. The molecule has 0 unspecified atom stereocenters. The predicted octanol–water partition coefficient (Wildman–Crippen LogP) is 4.94. The molecule has 3 rings (SSSR count). The first-order valence-electron chi connectivity index (χ1n) is 9.16. The topological polar surface area (TPSA) is 54.1 Å². The number of unbranched alkanes of at least 4 members (excludes halogenated alkanes) is 1. The SMILES string of the molecule is CCCCOc1ccc(NCc2cc3cc(C)c(C)cc3[nH]c2=O)cc1. The van der Waals surface area contributed by atoms with Crippen molar-refractivity contribution in [3.63, 3.8) is 0 Å². The van der Waals surface area contributed by atoms with Crippen LogP contribution in [0.3, 0.4) is 0 Å². The summed E-state index contributed by atoms with van der Waals surface area (Å²) in [6.07, 6.45) is 2.18. The van der Waals surface area contributed by atoms with Crippen molar-refractivity contribution in [2.45, 2.75) is 40.2 Å². The molecule has 26 heavy (non-hydrogen) atoms. The van der Waals surface area contributed by atoms with Gasteiger partial charge in [-0.05, 0) is 79.2 Å². The van der Waals surface area contributed by atoms with E-state index in [-0.39, 0.29) is 5.56 Å². The number of pyridine rings is 1. The van der Waals surface area contributed by atoms with Gasteiger partial charge in [0.25, 0.3) is 5.56 Å². The second-order valence-corrected chi connectivity index (χ2v) is 6.73. The number of hydrogen-bond acceptors (Lipinski definition) is 3. The minimum absolute atomic E-state index is 0.0484. The van der Waals surface area contributed by atoms with Gasteiger partial charge < -0.3 is 15.0 Å². The van der Waals surface area contributed by atoms with Crippen molar-refractivity contribution < 1.29 is 4.74 Å². The highest BCUT2D eigenvalue weighted by Gasteiger charge is 2.05. The molecule has 0 fully saturated rings. The fourth-order valence-electron chi connectivity index (χ4n) is 2.85. The van der Waals surface area contributed by atoms with Crippen molar-refractivity contribution in [2.24, 2.45) is 0 Å². The van der Waals surface area contributed by atoms with E-state index < -0.39 is 0 Å². The molecule has 0 aliphatic carbocycles. The first-order valence-corrected chi connectivity index (χ1v) is 9.16. The Kier molecular flexibility index (Phi) is 5.61. The minimum atomic E-state index is -0.0484. The van der Waals surface area contributed by atoms with Gasteiger partial charge >= 0.3 is 0 Å². The molecular weight excluding hydrogens is 324 g/mol. The Morgan fingerprint density at radius 2 is 1.77 bits per heavy atom. The van der Waals surface area contributed by atoms with Crippen LogP contribution in [-0.2, 0) is 6.54 Å². The molecule has 0 bridgehead atoms. The number of anilines is 1. The normalized spacial score (nSPS) is 10.9. The molecule has 0 saturated heterocycles. The summed E-state index contributed by atoms with van der Waals surface area (Å²) >= 11 is 0. The predicted molar refractivity (Wildman–Crippen MR) is 108 cm³/mol. The van der Waals surface area contributed by atoms with Crippen LogP contribution in [0.1, 0.15) is 36.5 Å². The number of aromatic amines is 1. The van der Waals surface area contributed by atoms with Crippen LogP contribution < -0.4 is 15.6 Å². The van der Waals surface area contributed by atoms with Gasteiger partial charge in [-0.25, -0.2) is 0 Å². The Labute approximate surface area is 154 Å². The van der Waals surface area contributed by atoms with Crippen molar-refractivity contribution in [2.75, 3.05) is 11.9 Å². The zero-order valence-corrected chi connectivity index (χ0v) is 15.7. The Bertz CT molecular complexity index is 943. The molecule has 1 aromatic heterocycles. The lowest BCUT2D eigenvalue weighted by molar-refractivity contribution is 0.309. The number of ether oxygens (including phenoxy) is 1. The Morgan fingerprint density at radius 3 is 2.50 bits per heavy atom. The molecular formula is C22H26N2O2. The highest BCUT2D eigenvalue weighted by Crippen LogP contribution is 2.19. The van der Waals surface area contributed by atoms with E-state index in [1.807, 2.05) is 36.4 Å². The molecule has 0 radical (unpaired) electrons. The average molecular weight is 350 g/mol. The van der Waals surface area contributed by atoms with E-state index in [1.54, 1.807) is 0 Å². The number of hydrogen-bond donors (Lipinski definition) is 2. The van der Waals surface area contributed by atoms with Gasteiger partial charge in [0.05, 0.1) is 6.61 Å². The summed E-state index contributed by atoms with van der Waals surface area (Å²) in [7, 11) is 0. The lowest BCUT2D eigenvalue weighted by atomic mass is 10.0. The zero-order chi connectivity index (χ0) is 18.5. The molecule has 4 nitrogen and oxygen atoms in total. The zero-order valence-electron chi connectivity index (χ0n) is 15.7. The standard InChI is InChI=1S/C22H26N2O2/c1-4-5-10-26-20-8-6-19(7-9-20)23-14-18-13-17-11-15(2)16(3)12-21(17)24-22(18)25/h6-9,11-13,23H,4-5,10,14H2,1-3H3,(H,24,25). The lowest BCUT2D eigenvalue weighted by Gasteiger charge is -2.10. The second kappa shape index (κ2) is 8.09. The summed E-state index contributed by atoms with van der Waals surface area (Å²) in [5.41, 5.74) is 4.93. The number of fused-ring (bicyclic) bond motifs is 1. The maximum Gasteiger partial charge on any atom is 0.253 e. The summed E-state index contributed by atoms with van der Waals surface area (Å²) in [5.74, 6) is 0.874. The maximum absolute atomic E-state index is 12.3. The van der Waals surface area contributed by atoms with Gasteiger partial charge in [-0.1, -0.05) is 13.3 Å². The smallest absolute Gasteiger partial charge is 0.253 e. The molecule has 0 spiro atoms. The van der Waals surface area contributed by atoms with Crippen LogP contribution in [0.4, 0.5) is 5.69 Å². The van der Waals surface area contributed by atoms with Gasteiger partial charge in [-0.15, -0.1) is 0 Å². The van der Waals surface area contributed by atoms with Crippen molar-refractivity contribution >= 4 is 16.6 Å². The van der Waals surface area contributed by atoms with Crippen molar-refractivity contribution in [1.29, 1.82) is 0 Å². The summed E-state index contributed by atoms with van der Waals surface area (Å²) in [6.45, 7) is 7.51. The van der Waals surface area contributed by atoms with Crippen LogP contribution in [0, 0.1) is 13.8 Å². The van der Waals surface area contributed by atoms with E-state index in [0.717, 1.165) is 47.4 Å². The number of nitrogens with one attached hydrogen (secondary N) is 2. The van der Waals surface area contributed by atoms with E-state index in [0.29, 0.717) is 6.54 Å². The van der Waals surface area contributed by atoms with Gasteiger partial charge in [-0.3, -0.25) is 4.79 Å². The summed E-state index contributed by atoms with van der Waals surface area (Å²) in [4.78, 5) is 15.3. The fraction of sp³-hybridized carbons (Fsp3) is 0.318. The van der Waals surface area contributed by atoms with Gasteiger partial charge in [0.1, 0.15) is 5.75 Å². The molecule has 1 heterocycles. The van der Waals surface area contributed by atoms with E-state index in [9.17, 15) is 4.79 Å². The van der Waals surface area contributed by atoms with Gasteiger partial charge in [0, 0.05) is 23.3 Å². The van der Waals surface area contributed by atoms with Crippen LogP contribution in [-0.4, -0.2) is 11.6 Å². The first kappa shape index (κ1) is 18.1. The molecule has 0 saturated carbocycles. The first-order chi connectivity index (χ1) is 12.6. The Hall–Kier alpha value is -2.75. The van der Waals surface area contributed by atoms with Crippen molar-refractivity contribution in [3.05, 3.63) is 69.5 Å².